The van der Waals surface area contributed by atoms with E-state index in [4.69, 9.17) is 4.98 Å². The van der Waals surface area contributed by atoms with Crippen molar-refractivity contribution in [3.8, 4) is 11.1 Å². The number of H-pyrrole nitrogens is 1. The van der Waals surface area contributed by atoms with Gasteiger partial charge in [0.05, 0.1) is 22.0 Å². The van der Waals surface area contributed by atoms with E-state index in [1.165, 1.54) is 28.7 Å². The quantitative estimate of drug-likeness (QED) is 0.196. The van der Waals surface area contributed by atoms with Crippen molar-refractivity contribution in [3.05, 3.63) is 98.2 Å². The molecule has 2 aromatic carbocycles. The van der Waals surface area contributed by atoms with Crippen LogP contribution in [0.4, 0.5) is 0 Å². The number of allylic oxidation sites excluding steroid dienone is 1. The third-order valence-electron chi connectivity index (χ3n) is 5.66. The van der Waals surface area contributed by atoms with Gasteiger partial charge in [0, 0.05) is 17.5 Å². The largest absolute Gasteiger partial charge is 0.309 e. The molecule has 1 N–H and O–H groups in total. The molecule has 34 heavy (non-hydrogen) atoms. The van der Waals surface area contributed by atoms with E-state index in [1.807, 2.05) is 55.6 Å². The Morgan fingerprint density at radius 3 is 2.68 bits per heavy atom. The van der Waals surface area contributed by atoms with Gasteiger partial charge in [0.25, 0.3) is 11.1 Å². The highest BCUT2D eigenvalue weighted by Gasteiger charge is 2.17. The molecule has 6 nitrogen and oxygen atoms in total. The van der Waals surface area contributed by atoms with Gasteiger partial charge in [-0.15, -0.1) is 17.9 Å². The average molecular weight is 487 g/mol. The zero-order valence-electron chi connectivity index (χ0n) is 18.8. The number of rotatable bonds is 6. The Bertz CT molecular complexity index is 1660. The fraction of sp³-hybridized carbons (Fsp3) is 0.154. The van der Waals surface area contributed by atoms with Crippen molar-refractivity contribution < 1.29 is 0 Å². The van der Waals surface area contributed by atoms with E-state index in [0.29, 0.717) is 44.4 Å². The highest BCUT2D eigenvalue weighted by atomic mass is 32.2. The van der Waals surface area contributed by atoms with Gasteiger partial charge in [-0.2, -0.15) is 0 Å². The van der Waals surface area contributed by atoms with Crippen LogP contribution >= 0.6 is 23.1 Å². The monoisotopic (exact) mass is 486 g/mol. The summed E-state index contributed by atoms with van der Waals surface area (Å²) >= 11 is 2.84. The summed E-state index contributed by atoms with van der Waals surface area (Å²) in [6, 6.07) is 13.7. The van der Waals surface area contributed by atoms with E-state index < -0.39 is 0 Å². The zero-order valence-corrected chi connectivity index (χ0v) is 20.4. The van der Waals surface area contributed by atoms with E-state index in [-0.39, 0.29) is 11.1 Å². The number of hydrogen-bond donors (Lipinski definition) is 1. The van der Waals surface area contributed by atoms with Gasteiger partial charge in [0.15, 0.2) is 5.16 Å². The number of hydrogen-bond acceptors (Lipinski definition) is 6. The molecule has 0 spiro atoms. The van der Waals surface area contributed by atoms with E-state index >= 15 is 0 Å². The van der Waals surface area contributed by atoms with Crippen LogP contribution in [0.2, 0.25) is 0 Å². The maximum Gasteiger partial charge on any atom is 0.263 e. The van der Waals surface area contributed by atoms with Crippen molar-refractivity contribution >= 4 is 44.2 Å². The SMILES string of the molecule is C=CCn1c(SCc2nc3c(C)cccc3c(=O)[nH]2)nc2scc(-c3ccc(C)cc3)c2c1=O. The minimum Gasteiger partial charge on any atom is -0.309 e. The Balaban J connectivity index is 1.56. The predicted octanol–water partition coefficient (Wildman–Crippen LogP) is 5.46. The first kappa shape index (κ1) is 22.3. The maximum atomic E-state index is 13.5. The van der Waals surface area contributed by atoms with Crippen molar-refractivity contribution in [3.63, 3.8) is 0 Å². The summed E-state index contributed by atoms with van der Waals surface area (Å²) in [5.41, 5.74) is 4.42. The van der Waals surface area contributed by atoms with E-state index in [9.17, 15) is 9.59 Å². The summed E-state index contributed by atoms with van der Waals surface area (Å²) in [7, 11) is 0. The standard InChI is InChI=1S/C26H22N4O2S2/c1-4-12-30-25(32)21-19(17-10-8-15(2)9-11-17)13-33-24(21)29-26(30)34-14-20-27-22-16(3)6-5-7-18(22)23(31)28-20/h4-11,13H,1,12,14H2,2-3H3,(H,27,28,31). The topological polar surface area (TPSA) is 80.6 Å². The van der Waals surface area contributed by atoms with Crippen LogP contribution < -0.4 is 11.1 Å². The number of thiophene rings is 1. The molecule has 0 aliphatic heterocycles. The highest BCUT2D eigenvalue weighted by Crippen LogP contribution is 2.32. The number of nitrogens with one attached hydrogen (secondary N) is 1. The Morgan fingerprint density at radius 2 is 1.91 bits per heavy atom. The van der Waals surface area contributed by atoms with E-state index in [1.54, 1.807) is 16.7 Å². The van der Waals surface area contributed by atoms with Crippen molar-refractivity contribution in [2.45, 2.75) is 31.3 Å². The zero-order chi connectivity index (χ0) is 23.8. The van der Waals surface area contributed by atoms with Gasteiger partial charge in [0.2, 0.25) is 0 Å². The fourth-order valence-electron chi connectivity index (χ4n) is 3.90. The minimum atomic E-state index is -0.169. The molecule has 0 atom stereocenters. The van der Waals surface area contributed by atoms with E-state index in [2.05, 4.69) is 16.5 Å². The molecule has 0 amide bonds. The molecule has 3 aromatic heterocycles. The second-order valence-corrected chi connectivity index (χ2v) is 9.87. The third kappa shape index (κ3) is 3.99. The van der Waals surface area contributed by atoms with Gasteiger partial charge in [-0.1, -0.05) is 59.8 Å². The van der Waals surface area contributed by atoms with Crippen LogP contribution in [0.25, 0.3) is 32.2 Å². The molecule has 0 aliphatic carbocycles. The summed E-state index contributed by atoms with van der Waals surface area (Å²) < 4.78 is 1.63. The molecule has 5 rings (SSSR count). The van der Waals surface area contributed by atoms with E-state index in [0.717, 1.165) is 16.7 Å². The van der Waals surface area contributed by atoms with Crippen LogP contribution in [-0.4, -0.2) is 19.5 Å². The normalized spacial score (nSPS) is 11.4. The van der Waals surface area contributed by atoms with Gasteiger partial charge in [-0.3, -0.25) is 14.2 Å². The second-order valence-electron chi connectivity index (χ2n) is 8.07. The third-order valence-corrected chi connectivity index (χ3v) is 7.52. The lowest BCUT2D eigenvalue weighted by atomic mass is 10.1. The summed E-state index contributed by atoms with van der Waals surface area (Å²) in [6.45, 7) is 8.13. The van der Waals surface area contributed by atoms with Crippen molar-refractivity contribution in [1.29, 1.82) is 0 Å². The van der Waals surface area contributed by atoms with Gasteiger partial charge in [-0.05, 0) is 31.0 Å². The summed E-state index contributed by atoms with van der Waals surface area (Å²) in [5, 5.41) is 3.75. The summed E-state index contributed by atoms with van der Waals surface area (Å²) in [6.07, 6.45) is 1.69. The van der Waals surface area contributed by atoms with Crippen LogP contribution in [0.3, 0.4) is 0 Å². The summed E-state index contributed by atoms with van der Waals surface area (Å²) in [4.78, 5) is 39.1. The van der Waals surface area contributed by atoms with Crippen LogP contribution in [0.15, 0.2) is 75.2 Å². The molecule has 0 fully saturated rings. The number of benzene rings is 2. The van der Waals surface area contributed by atoms with Gasteiger partial charge in [0.1, 0.15) is 10.7 Å². The molecular weight excluding hydrogens is 464 g/mol. The molecule has 0 saturated heterocycles. The molecular formula is C26H22N4O2S2. The number of aromatic nitrogens is 4. The number of aryl methyl sites for hydroxylation is 2. The summed E-state index contributed by atoms with van der Waals surface area (Å²) in [5.74, 6) is 0.924. The van der Waals surface area contributed by atoms with Gasteiger partial charge in [-0.25, -0.2) is 9.97 Å². The predicted molar refractivity (Wildman–Crippen MR) is 141 cm³/mol. The Kier molecular flexibility index (Phi) is 5.93. The molecule has 0 bridgehead atoms. The number of thioether (sulfide) groups is 1. The van der Waals surface area contributed by atoms with Crippen molar-refractivity contribution in [1.82, 2.24) is 19.5 Å². The molecule has 0 saturated carbocycles. The lowest BCUT2D eigenvalue weighted by Crippen LogP contribution is -2.22. The average Bonchev–Trinajstić information content (AvgIpc) is 3.25. The van der Waals surface area contributed by atoms with Gasteiger partial charge >= 0.3 is 0 Å². The molecule has 5 aromatic rings. The second kappa shape index (κ2) is 9.04. The van der Waals surface area contributed by atoms with Crippen LogP contribution in [-0.2, 0) is 12.3 Å². The minimum absolute atomic E-state index is 0.0972. The first-order chi connectivity index (χ1) is 16.5. The maximum absolute atomic E-state index is 13.5. The lowest BCUT2D eigenvalue weighted by molar-refractivity contribution is 0.672. The number of para-hydroxylation sites is 1. The van der Waals surface area contributed by atoms with Crippen molar-refractivity contribution in [2.75, 3.05) is 0 Å². The van der Waals surface area contributed by atoms with Crippen molar-refractivity contribution in [2.24, 2.45) is 0 Å². The van der Waals surface area contributed by atoms with Crippen LogP contribution in [0.1, 0.15) is 17.0 Å². The van der Waals surface area contributed by atoms with Gasteiger partial charge < -0.3 is 4.98 Å². The molecule has 0 unspecified atom stereocenters. The number of aromatic amines is 1. The van der Waals surface area contributed by atoms with Crippen LogP contribution in [0.5, 0.6) is 0 Å². The highest BCUT2D eigenvalue weighted by molar-refractivity contribution is 7.98. The Hall–Kier alpha value is -3.49. The smallest absolute Gasteiger partial charge is 0.263 e. The Morgan fingerprint density at radius 1 is 1.12 bits per heavy atom. The molecule has 3 heterocycles. The molecule has 0 radical (unpaired) electrons. The molecule has 0 aliphatic rings. The fourth-order valence-corrected chi connectivity index (χ4v) is 5.77. The first-order valence-electron chi connectivity index (χ1n) is 10.8. The molecule has 8 heteroatoms. The number of fused-ring (bicyclic) bond motifs is 2. The lowest BCUT2D eigenvalue weighted by Gasteiger charge is -2.11. The first-order valence-corrected chi connectivity index (χ1v) is 12.6. The van der Waals surface area contributed by atoms with Crippen LogP contribution in [0, 0.1) is 13.8 Å². The number of nitrogens with zero attached hydrogens (tertiary/aromatic N) is 3. The Labute approximate surface area is 204 Å². The molecule has 170 valence electrons.